The highest BCUT2D eigenvalue weighted by Gasteiger charge is 2.64. The first-order chi connectivity index (χ1) is 15.5. The summed E-state index contributed by atoms with van der Waals surface area (Å²) in [5.41, 5.74) is 8.28. The number of rotatable bonds is 3. The number of carbonyl (C=O) groups is 1. The van der Waals surface area contributed by atoms with Gasteiger partial charge in [-0.2, -0.15) is 4.68 Å². The molecular weight excluding hydrogens is 432 g/mol. The standard InChI is InChI=1S/C23H21F2N5O3/c1-11-5-14(30-21(33)28-19(31)18(26)29-30)6-12(2)15(11)7-13-3-4-17-16(8-13)22(20(32)27-17)9-23(24,25)10-22/h3-6,8H,7,9-10H2,1-2H3,(H2,26,29)(H,27,32)(H,28,31,33). The summed E-state index contributed by atoms with van der Waals surface area (Å²) in [6, 6.07) is 9.00. The number of nitrogens with one attached hydrogen (secondary N) is 2. The van der Waals surface area contributed by atoms with Gasteiger partial charge < -0.3 is 11.1 Å². The van der Waals surface area contributed by atoms with Gasteiger partial charge in [0.15, 0.2) is 0 Å². The number of halogens is 2. The van der Waals surface area contributed by atoms with Crippen LogP contribution in [0.5, 0.6) is 0 Å². The fourth-order valence-electron chi connectivity index (χ4n) is 4.92. The Morgan fingerprint density at radius 1 is 1.09 bits per heavy atom. The van der Waals surface area contributed by atoms with Gasteiger partial charge in [0.05, 0.1) is 11.1 Å². The molecule has 10 heteroatoms. The zero-order valence-corrected chi connectivity index (χ0v) is 18.0. The molecule has 33 heavy (non-hydrogen) atoms. The van der Waals surface area contributed by atoms with E-state index < -0.39 is 35.4 Å². The highest BCUT2D eigenvalue weighted by atomic mass is 19.3. The van der Waals surface area contributed by atoms with E-state index >= 15 is 0 Å². The van der Waals surface area contributed by atoms with Crippen molar-refractivity contribution in [3.8, 4) is 5.69 Å². The molecule has 2 aliphatic rings. The smallest absolute Gasteiger partial charge is 0.349 e. The molecule has 1 fully saturated rings. The van der Waals surface area contributed by atoms with Gasteiger partial charge in [-0.25, -0.2) is 13.6 Å². The van der Waals surface area contributed by atoms with Crippen molar-refractivity contribution in [1.29, 1.82) is 0 Å². The Balaban J connectivity index is 1.49. The number of hydrogen-bond acceptors (Lipinski definition) is 5. The first-order valence-electron chi connectivity index (χ1n) is 10.4. The van der Waals surface area contributed by atoms with Crippen LogP contribution in [-0.4, -0.2) is 26.6 Å². The second-order valence-electron chi connectivity index (χ2n) is 8.92. The van der Waals surface area contributed by atoms with Crippen LogP contribution in [0.1, 0.15) is 40.7 Å². The Morgan fingerprint density at radius 3 is 2.39 bits per heavy atom. The van der Waals surface area contributed by atoms with Gasteiger partial charge in [-0.1, -0.05) is 12.1 Å². The number of hydrogen-bond donors (Lipinski definition) is 3. The van der Waals surface area contributed by atoms with Crippen molar-refractivity contribution >= 4 is 17.4 Å². The Morgan fingerprint density at radius 2 is 1.76 bits per heavy atom. The minimum atomic E-state index is -2.82. The number of nitrogens with two attached hydrogens (primary N) is 1. The largest absolute Gasteiger partial charge is 0.378 e. The third-order valence-corrected chi connectivity index (χ3v) is 6.56. The van der Waals surface area contributed by atoms with Crippen LogP contribution in [0.3, 0.4) is 0 Å². The molecule has 5 rings (SSSR count). The molecule has 2 heterocycles. The van der Waals surface area contributed by atoms with E-state index in [4.69, 9.17) is 5.73 Å². The lowest BCUT2D eigenvalue weighted by Crippen LogP contribution is -2.53. The van der Waals surface area contributed by atoms with Gasteiger partial charge in [0.2, 0.25) is 11.7 Å². The molecule has 0 saturated heterocycles. The van der Waals surface area contributed by atoms with Gasteiger partial charge in [-0.3, -0.25) is 14.6 Å². The molecule has 4 N–H and O–H groups in total. The van der Waals surface area contributed by atoms with Gasteiger partial charge in [0, 0.05) is 18.5 Å². The van der Waals surface area contributed by atoms with Crippen molar-refractivity contribution in [2.24, 2.45) is 0 Å². The molecule has 1 aromatic heterocycles. The number of H-pyrrole nitrogens is 1. The number of fused-ring (bicyclic) bond motifs is 2. The molecule has 1 amide bonds. The van der Waals surface area contributed by atoms with E-state index in [9.17, 15) is 23.2 Å². The third kappa shape index (κ3) is 3.24. The molecule has 0 radical (unpaired) electrons. The van der Waals surface area contributed by atoms with Crippen LogP contribution in [0.4, 0.5) is 20.3 Å². The van der Waals surface area contributed by atoms with Gasteiger partial charge in [-0.05, 0) is 66.3 Å². The number of anilines is 2. The van der Waals surface area contributed by atoms with Crippen LogP contribution >= 0.6 is 0 Å². The minimum absolute atomic E-state index is 0.314. The SMILES string of the molecule is Cc1cc(-n2nc(N)c(=O)[nH]c2=O)cc(C)c1Cc1ccc2c(c1)C1(CC(F)(F)C1)C(=O)N2. The molecule has 2 aromatic carbocycles. The van der Waals surface area contributed by atoms with E-state index in [0.29, 0.717) is 23.4 Å². The fraction of sp³-hybridized carbons (Fsp3) is 0.304. The summed E-state index contributed by atoms with van der Waals surface area (Å²) in [6.45, 7) is 3.77. The fourth-order valence-corrected chi connectivity index (χ4v) is 4.92. The first-order valence-corrected chi connectivity index (χ1v) is 10.4. The quantitative estimate of drug-likeness (QED) is 0.562. The highest BCUT2D eigenvalue weighted by Crippen LogP contribution is 2.58. The van der Waals surface area contributed by atoms with Crippen molar-refractivity contribution in [3.05, 3.63) is 79.0 Å². The Bertz CT molecular complexity index is 1430. The predicted molar refractivity (Wildman–Crippen MR) is 118 cm³/mol. The van der Waals surface area contributed by atoms with Crippen molar-refractivity contribution in [1.82, 2.24) is 14.8 Å². The number of aryl methyl sites for hydroxylation is 2. The second kappa shape index (κ2) is 6.84. The topological polar surface area (TPSA) is 123 Å². The molecule has 1 saturated carbocycles. The zero-order valence-electron chi connectivity index (χ0n) is 18.0. The summed E-state index contributed by atoms with van der Waals surface area (Å²) in [5, 5.41) is 6.60. The van der Waals surface area contributed by atoms with Crippen LogP contribution in [0, 0.1) is 13.8 Å². The van der Waals surface area contributed by atoms with E-state index in [2.05, 4.69) is 15.4 Å². The van der Waals surface area contributed by atoms with E-state index in [1.807, 2.05) is 26.0 Å². The number of carbonyl (C=O) groups excluding carboxylic acids is 1. The molecule has 1 spiro atoms. The average molecular weight is 453 g/mol. The summed E-state index contributed by atoms with van der Waals surface area (Å²) < 4.78 is 28.4. The summed E-state index contributed by atoms with van der Waals surface area (Å²) in [4.78, 5) is 38.2. The van der Waals surface area contributed by atoms with Crippen LogP contribution in [0.25, 0.3) is 5.69 Å². The molecule has 0 unspecified atom stereocenters. The van der Waals surface area contributed by atoms with E-state index in [0.717, 1.165) is 26.9 Å². The Kier molecular flexibility index (Phi) is 4.36. The number of aromatic amines is 1. The molecule has 3 aromatic rings. The van der Waals surface area contributed by atoms with Crippen LogP contribution < -0.4 is 22.3 Å². The second-order valence-corrected chi connectivity index (χ2v) is 8.92. The van der Waals surface area contributed by atoms with Gasteiger partial charge >= 0.3 is 5.69 Å². The van der Waals surface area contributed by atoms with E-state index in [1.54, 1.807) is 18.2 Å². The predicted octanol–water partition coefficient (Wildman–Crippen LogP) is 2.33. The summed E-state index contributed by atoms with van der Waals surface area (Å²) >= 11 is 0. The lowest BCUT2D eigenvalue weighted by Gasteiger charge is -2.43. The van der Waals surface area contributed by atoms with Gasteiger partial charge in [0.25, 0.3) is 11.5 Å². The van der Waals surface area contributed by atoms with Crippen molar-refractivity contribution in [2.75, 3.05) is 11.1 Å². The number of nitrogens with zero attached hydrogens (tertiary/aromatic N) is 2. The van der Waals surface area contributed by atoms with Crippen molar-refractivity contribution in [3.63, 3.8) is 0 Å². The molecule has 1 aliphatic heterocycles. The number of alkyl halides is 2. The summed E-state index contributed by atoms with van der Waals surface area (Å²) in [5.74, 6) is -3.50. The van der Waals surface area contributed by atoms with Crippen LogP contribution in [0.15, 0.2) is 39.9 Å². The van der Waals surface area contributed by atoms with E-state index in [1.165, 1.54) is 0 Å². The highest BCUT2D eigenvalue weighted by molar-refractivity contribution is 6.07. The summed E-state index contributed by atoms with van der Waals surface area (Å²) in [7, 11) is 0. The molecule has 0 atom stereocenters. The van der Waals surface area contributed by atoms with Crippen molar-refractivity contribution in [2.45, 2.75) is 44.4 Å². The average Bonchev–Trinajstić information content (AvgIpc) is 2.98. The van der Waals surface area contributed by atoms with Crippen LogP contribution in [-0.2, 0) is 16.6 Å². The Labute approximate surface area is 186 Å². The minimum Gasteiger partial charge on any atom is -0.378 e. The monoisotopic (exact) mass is 453 g/mol. The first kappa shape index (κ1) is 21.0. The maximum Gasteiger partial charge on any atom is 0.349 e. The van der Waals surface area contributed by atoms with Gasteiger partial charge in [0.1, 0.15) is 0 Å². The number of benzene rings is 2. The maximum atomic E-state index is 13.7. The summed E-state index contributed by atoms with van der Waals surface area (Å²) in [6.07, 6.45) is -0.430. The molecule has 8 nitrogen and oxygen atoms in total. The van der Waals surface area contributed by atoms with Crippen molar-refractivity contribution < 1.29 is 13.6 Å². The number of amides is 1. The molecule has 0 bridgehead atoms. The normalized spacial score (nSPS) is 17.5. The van der Waals surface area contributed by atoms with Crippen LogP contribution in [0.2, 0.25) is 0 Å². The van der Waals surface area contributed by atoms with Gasteiger partial charge in [-0.15, -0.1) is 5.10 Å². The molecule has 1 aliphatic carbocycles. The third-order valence-electron chi connectivity index (χ3n) is 6.56. The zero-order chi connectivity index (χ0) is 23.7. The lowest BCUT2D eigenvalue weighted by molar-refractivity contribution is -0.152. The number of aromatic nitrogens is 3. The lowest BCUT2D eigenvalue weighted by atomic mass is 9.62. The maximum absolute atomic E-state index is 13.7. The Hall–Kier alpha value is -3.82. The van der Waals surface area contributed by atoms with E-state index in [-0.39, 0.29) is 11.7 Å². The number of nitrogen functional groups attached to an aromatic ring is 1. The molecule has 170 valence electrons. The molecular formula is C23H21F2N5O3.